The molecule has 0 aliphatic heterocycles. The van der Waals surface area contributed by atoms with Gasteiger partial charge in [-0.15, -0.1) is 0 Å². The first-order valence-electron chi connectivity index (χ1n) is 7.72. The molecule has 0 amide bonds. The van der Waals surface area contributed by atoms with Gasteiger partial charge in [0.25, 0.3) is 0 Å². The van der Waals surface area contributed by atoms with Crippen molar-refractivity contribution in [1.82, 2.24) is 5.32 Å². The largest absolute Gasteiger partial charge is 0.460 e. The van der Waals surface area contributed by atoms with Gasteiger partial charge in [-0.2, -0.15) is 0 Å². The molecule has 0 fully saturated rings. The maximum atomic E-state index is 12.9. The van der Waals surface area contributed by atoms with E-state index in [1.807, 2.05) is 12.1 Å². The third-order valence-electron chi connectivity index (χ3n) is 4.46. The van der Waals surface area contributed by atoms with Gasteiger partial charge in [0.15, 0.2) is 0 Å². The van der Waals surface area contributed by atoms with E-state index in [0.717, 1.165) is 42.9 Å². The fourth-order valence-corrected chi connectivity index (χ4v) is 2.64. The van der Waals surface area contributed by atoms with Crippen molar-refractivity contribution >= 4 is 0 Å². The molecule has 0 aliphatic carbocycles. The summed E-state index contributed by atoms with van der Waals surface area (Å²) in [4.78, 5) is 0. The van der Waals surface area contributed by atoms with Gasteiger partial charge in [-0.05, 0) is 55.7 Å². The van der Waals surface area contributed by atoms with Gasteiger partial charge in [0.05, 0.1) is 6.54 Å². The van der Waals surface area contributed by atoms with Gasteiger partial charge in [-0.3, -0.25) is 0 Å². The zero-order valence-corrected chi connectivity index (χ0v) is 13.1. The fourth-order valence-electron chi connectivity index (χ4n) is 2.64. The third-order valence-corrected chi connectivity index (χ3v) is 4.46. The van der Waals surface area contributed by atoms with Crippen LogP contribution in [0.2, 0.25) is 0 Å². The molecule has 1 N–H and O–H groups in total. The summed E-state index contributed by atoms with van der Waals surface area (Å²) in [6, 6.07) is 10.3. The van der Waals surface area contributed by atoms with Crippen LogP contribution in [-0.2, 0) is 6.54 Å². The Labute approximate surface area is 126 Å². The first-order valence-corrected chi connectivity index (χ1v) is 7.72. The van der Waals surface area contributed by atoms with Crippen molar-refractivity contribution in [3.63, 3.8) is 0 Å². The maximum absolute atomic E-state index is 12.9. The Morgan fingerprint density at radius 2 is 1.57 bits per heavy atom. The number of hydrogen-bond acceptors (Lipinski definition) is 2. The fraction of sp³-hybridized carbons (Fsp3) is 0.444. The predicted molar refractivity (Wildman–Crippen MR) is 84.5 cm³/mol. The van der Waals surface area contributed by atoms with Gasteiger partial charge < -0.3 is 9.73 Å². The summed E-state index contributed by atoms with van der Waals surface area (Å²) >= 11 is 0. The van der Waals surface area contributed by atoms with Gasteiger partial charge in [0, 0.05) is 11.1 Å². The molecule has 2 nitrogen and oxygen atoms in total. The second-order valence-electron chi connectivity index (χ2n) is 5.47. The molecule has 0 atom stereocenters. The SMILES string of the molecule is CCC(CC)(CC)NCc1ccc(-c2ccc(F)cc2)o1. The maximum Gasteiger partial charge on any atom is 0.134 e. The minimum absolute atomic E-state index is 0.183. The molecule has 1 heterocycles. The summed E-state index contributed by atoms with van der Waals surface area (Å²) in [7, 11) is 0. The molecule has 0 bridgehead atoms. The van der Waals surface area contributed by atoms with E-state index in [-0.39, 0.29) is 11.4 Å². The molecular weight excluding hydrogens is 265 g/mol. The van der Waals surface area contributed by atoms with Gasteiger partial charge >= 0.3 is 0 Å². The molecule has 1 aromatic carbocycles. The van der Waals surface area contributed by atoms with E-state index in [9.17, 15) is 4.39 Å². The third kappa shape index (κ3) is 3.73. The second kappa shape index (κ2) is 6.90. The Morgan fingerprint density at radius 3 is 2.14 bits per heavy atom. The molecular formula is C18H24FNO. The minimum atomic E-state index is -0.231. The monoisotopic (exact) mass is 289 g/mol. The Hall–Kier alpha value is -1.61. The lowest BCUT2D eigenvalue weighted by atomic mass is 9.90. The standard InChI is InChI=1S/C18H24FNO/c1-4-18(5-2,6-3)20-13-16-11-12-17(21-16)14-7-9-15(19)10-8-14/h7-12,20H,4-6,13H2,1-3H3. The number of furan rings is 1. The van der Waals surface area contributed by atoms with E-state index >= 15 is 0 Å². The molecule has 3 heteroatoms. The summed E-state index contributed by atoms with van der Waals surface area (Å²) in [5.41, 5.74) is 1.08. The average molecular weight is 289 g/mol. The summed E-state index contributed by atoms with van der Waals surface area (Å²) in [5, 5.41) is 3.62. The van der Waals surface area contributed by atoms with Crippen molar-refractivity contribution in [3.05, 3.63) is 48.0 Å². The average Bonchev–Trinajstić information content (AvgIpc) is 2.99. The Morgan fingerprint density at radius 1 is 0.952 bits per heavy atom. The van der Waals surface area contributed by atoms with Gasteiger partial charge in [-0.1, -0.05) is 20.8 Å². The number of nitrogens with one attached hydrogen (secondary N) is 1. The molecule has 0 spiro atoms. The lowest BCUT2D eigenvalue weighted by Gasteiger charge is -2.31. The van der Waals surface area contributed by atoms with Gasteiger partial charge in [0.1, 0.15) is 17.3 Å². The van der Waals surface area contributed by atoms with Crippen molar-refractivity contribution in [1.29, 1.82) is 0 Å². The molecule has 0 saturated carbocycles. The molecule has 114 valence electrons. The van der Waals surface area contributed by atoms with E-state index in [4.69, 9.17) is 4.42 Å². The molecule has 0 radical (unpaired) electrons. The molecule has 0 unspecified atom stereocenters. The van der Waals surface area contributed by atoms with Crippen LogP contribution in [-0.4, -0.2) is 5.54 Å². The number of rotatable bonds is 7. The molecule has 0 saturated heterocycles. The molecule has 21 heavy (non-hydrogen) atoms. The first kappa shape index (κ1) is 15.8. The molecule has 2 rings (SSSR count). The second-order valence-corrected chi connectivity index (χ2v) is 5.47. The normalized spacial score (nSPS) is 11.8. The lowest BCUT2D eigenvalue weighted by Crippen LogP contribution is -2.42. The van der Waals surface area contributed by atoms with Crippen molar-refractivity contribution in [2.24, 2.45) is 0 Å². The van der Waals surface area contributed by atoms with Crippen LogP contribution in [0, 0.1) is 5.82 Å². The van der Waals surface area contributed by atoms with Crippen LogP contribution in [0.15, 0.2) is 40.8 Å². The quantitative estimate of drug-likeness (QED) is 0.763. The summed E-state index contributed by atoms with van der Waals surface area (Å²) in [6.45, 7) is 7.36. The topological polar surface area (TPSA) is 25.2 Å². The zero-order valence-electron chi connectivity index (χ0n) is 13.1. The first-order chi connectivity index (χ1) is 10.1. The smallest absolute Gasteiger partial charge is 0.134 e. The van der Waals surface area contributed by atoms with Gasteiger partial charge in [0.2, 0.25) is 0 Å². The number of benzene rings is 1. The molecule has 0 aliphatic rings. The van der Waals surface area contributed by atoms with Crippen LogP contribution in [0.25, 0.3) is 11.3 Å². The lowest BCUT2D eigenvalue weighted by molar-refractivity contribution is 0.278. The summed E-state index contributed by atoms with van der Waals surface area (Å²) in [6.07, 6.45) is 3.31. The van der Waals surface area contributed by atoms with Crippen molar-refractivity contribution in [2.45, 2.75) is 52.1 Å². The van der Waals surface area contributed by atoms with Crippen LogP contribution in [0.3, 0.4) is 0 Å². The summed E-state index contributed by atoms with van der Waals surface area (Å²) < 4.78 is 18.8. The van der Waals surface area contributed by atoms with E-state index in [0.29, 0.717) is 0 Å². The van der Waals surface area contributed by atoms with Crippen LogP contribution < -0.4 is 5.32 Å². The zero-order chi connectivity index (χ0) is 15.3. The van der Waals surface area contributed by atoms with Crippen molar-refractivity contribution in [2.75, 3.05) is 0 Å². The van der Waals surface area contributed by atoms with Crippen LogP contribution in [0.5, 0.6) is 0 Å². The number of hydrogen-bond donors (Lipinski definition) is 1. The van der Waals surface area contributed by atoms with E-state index in [1.165, 1.54) is 12.1 Å². The highest BCUT2D eigenvalue weighted by atomic mass is 19.1. The predicted octanol–water partition coefficient (Wildman–Crippen LogP) is 5.14. The highest BCUT2D eigenvalue weighted by Crippen LogP contribution is 2.24. The van der Waals surface area contributed by atoms with E-state index < -0.39 is 0 Å². The van der Waals surface area contributed by atoms with E-state index in [1.54, 1.807) is 12.1 Å². The van der Waals surface area contributed by atoms with Gasteiger partial charge in [-0.25, -0.2) is 4.39 Å². The summed E-state index contributed by atoms with van der Waals surface area (Å²) in [5.74, 6) is 1.46. The van der Waals surface area contributed by atoms with Crippen molar-refractivity contribution < 1.29 is 8.81 Å². The van der Waals surface area contributed by atoms with E-state index in [2.05, 4.69) is 26.1 Å². The van der Waals surface area contributed by atoms with Crippen LogP contribution in [0.1, 0.15) is 45.8 Å². The van der Waals surface area contributed by atoms with Crippen LogP contribution in [0.4, 0.5) is 4.39 Å². The Bertz CT molecular complexity index is 547. The highest BCUT2D eigenvalue weighted by molar-refractivity contribution is 5.57. The number of halogens is 1. The molecule has 1 aromatic heterocycles. The Kier molecular flexibility index (Phi) is 5.18. The molecule has 2 aromatic rings. The highest BCUT2D eigenvalue weighted by Gasteiger charge is 2.23. The van der Waals surface area contributed by atoms with Crippen LogP contribution >= 0.6 is 0 Å². The Balaban J connectivity index is 2.05. The minimum Gasteiger partial charge on any atom is -0.460 e. The van der Waals surface area contributed by atoms with Crippen molar-refractivity contribution in [3.8, 4) is 11.3 Å².